The Bertz CT molecular complexity index is 1840. The van der Waals surface area contributed by atoms with E-state index in [9.17, 15) is 19.7 Å². The van der Waals surface area contributed by atoms with Crippen LogP contribution in [0.1, 0.15) is 31.2 Å². The molecule has 1 atom stereocenters. The van der Waals surface area contributed by atoms with E-state index in [2.05, 4.69) is 4.99 Å². The number of benzene rings is 2. The molecule has 0 saturated heterocycles. The second kappa shape index (κ2) is 10.6. The Balaban J connectivity index is 1.60. The number of hydrogen-bond donors (Lipinski definition) is 0. The van der Waals surface area contributed by atoms with Crippen molar-refractivity contribution < 1.29 is 18.9 Å². The van der Waals surface area contributed by atoms with Gasteiger partial charge >= 0.3 is 5.97 Å². The summed E-state index contributed by atoms with van der Waals surface area (Å²) in [6.45, 7) is 3.59. The summed E-state index contributed by atoms with van der Waals surface area (Å²) >= 11 is 13.3. The zero-order valence-corrected chi connectivity index (χ0v) is 22.8. The number of esters is 1. The molecule has 4 aromatic rings. The molecular weight excluding hydrogens is 565 g/mol. The molecule has 2 aromatic heterocycles. The molecule has 198 valence electrons. The highest BCUT2D eigenvalue weighted by molar-refractivity contribution is 7.07. The molecule has 5 rings (SSSR count). The van der Waals surface area contributed by atoms with Crippen LogP contribution in [0.3, 0.4) is 0 Å². The first-order chi connectivity index (χ1) is 18.7. The van der Waals surface area contributed by atoms with Gasteiger partial charge in [0.25, 0.3) is 11.2 Å². The van der Waals surface area contributed by atoms with Crippen LogP contribution in [0.4, 0.5) is 5.69 Å². The number of hydrogen-bond acceptors (Lipinski definition) is 8. The number of ether oxygens (including phenoxy) is 1. The van der Waals surface area contributed by atoms with Crippen molar-refractivity contribution in [3.05, 3.63) is 117 Å². The summed E-state index contributed by atoms with van der Waals surface area (Å²) in [5, 5.41) is 11.6. The number of halogens is 2. The van der Waals surface area contributed by atoms with E-state index in [-0.39, 0.29) is 28.4 Å². The fourth-order valence-electron chi connectivity index (χ4n) is 4.27. The van der Waals surface area contributed by atoms with Crippen LogP contribution in [-0.2, 0) is 9.53 Å². The number of thiazole rings is 1. The molecule has 3 heterocycles. The molecule has 0 aliphatic carbocycles. The molecule has 0 bridgehead atoms. The predicted molar refractivity (Wildman–Crippen MR) is 148 cm³/mol. The van der Waals surface area contributed by atoms with Gasteiger partial charge in [0.05, 0.1) is 33.4 Å². The first kappa shape index (κ1) is 26.6. The molecule has 9 nitrogen and oxygen atoms in total. The highest BCUT2D eigenvalue weighted by Crippen LogP contribution is 2.32. The Hall–Kier alpha value is -3.99. The molecule has 12 heteroatoms. The van der Waals surface area contributed by atoms with Gasteiger partial charge in [-0.05, 0) is 55.8 Å². The first-order valence-corrected chi connectivity index (χ1v) is 13.2. The van der Waals surface area contributed by atoms with Crippen molar-refractivity contribution in [2.24, 2.45) is 4.99 Å². The first-order valence-electron chi connectivity index (χ1n) is 11.7. The third kappa shape index (κ3) is 5.06. The average Bonchev–Trinajstić information content (AvgIpc) is 3.48. The number of nitro benzene ring substituents is 1. The quantitative estimate of drug-likeness (QED) is 0.173. The second-order valence-electron chi connectivity index (χ2n) is 8.48. The average molecular weight is 584 g/mol. The maximum atomic E-state index is 13.7. The van der Waals surface area contributed by atoms with Gasteiger partial charge in [-0.2, -0.15) is 0 Å². The van der Waals surface area contributed by atoms with Gasteiger partial charge in [-0.3, -0.25) is 19.5 Å². The largest absolute Gasteiger partial charge is 0.463 e. The van der Waals surface area contributed by atoms with Crippen molar-refractivity contribution in [3.63, 3.8) is 0 Å². The molecule has 0 spiro atoms. The van der Waals surface area contributed by atoms with E-state index in [1.165, 1.54) is 22.8 Å². The topological polar surface area (TPSA) is 117 Å². The summed E-state index contributed by atoms with van der Waals surface area (Å²) in [5.41, 5.74) is 1.39. The van der Waals surface area contributed by atoms with E-state index < -0.39 is 16.9 Å². The fourth-order valence-corrected chi connectivity index (χ4v) is 5.68. The Morgan fingerprint density at radius 1 is 1.21 bits per heavy atom. The lowest BCUT2D eigenvalue weighted by atomic mass is 9.96. The highest BCUT2D eigenvalue weighted by atomic mass is 35.5. The Morgan fingerprint density at radius 3 is 2.62 bits per heavy atom. The van der Waals surface area contributed by atoms with Crippen LogP contribution in [0.2, 0.25) is 10.0 Å². The van der Waals surface area contributed by atoms with E-state index in [4.69, 9.17) is 32.4 Å². The van der Waals surface area contributed by atoms with Crippen molar-refractivity contribution in [2.75, 3.05) is 6.61 Å². The molecule has 0 saturated carbocycles. The lowest BCUT2D eigenvalue weighted by Gasteiger charge is -2.24. The molecule has 0 N–H and O–H groups in total. The molecular formula is C27H19Cl2N3O6S. The summed E-state index contributed by atoms with van der Waals surface area (Å²) in [4.78, 5) is 42.1. The van der Waals surface area contributed by atoms with Crippen LogP contribution in [0.5, 0.6) is 0 Å². The van der Waals surface area contributed by atoms with E-state index in [1.807, 2.05) is 0 Å². The van der Waals surface area contributed by atoms with Gasteiger partial charge in [-0.25, -0.2) is 9.79 Å². The van der Waals surface area contributed by atoms with Gasteiger partial charge in [0.1, 0.15) is 16.5 Å². The van der Waals surface area contributed by atoms with E-state index in [0.717, 1.165) is 11.3 Å². The van der Waals surface area contributed by atoms with Crippen LogP contribution in [0.15, 0.2) is 80.1 Å². The van der Waals surface area contributed by atoms with Crippen LogP contribution in [0, 0.1) is 10.1 Å². The molecule has 39 heavy (non-hydrogen) atoms. The lowest BCUT2D eigenvalue weighted by Crippen LogP contribution is -2.39. The molecule has 1 aliphatic rings. The van der Waals surface area contributed by atoms with Crippen molar-refractivity contribution in [1.82, 2.24) is 4.57 Å². The molecule has 2 aromatic carbocycles. The van der Waals surface area contributed by atoms with Gasteiger partial charge in [0.2, 0.25) is 0 Å². The van der Waals surface area contributed by atoms with Gasteiger partial charge in [-0.15, -0.1) is 0 Å². The van der Waals surface area contributed by atoms with E-state index in [1.54, 1.807) is 56.3 Å². The number of rotatable bonds is 6. The Morgan fingerprint density at radius 2 is 1.95 bits per heavy atom. The number of allylic oxidation sites excluding steroid dienone is 1. The Labute approximate surface area is 235 Å². The zero-order valence-electron chi connectivity index (χ0n) is 20.5. The van der Waals surface area contributed by atoms with Gasteiger partial charge in [0.15, 0.2) is 4.80 Å². The van der Waals surface area contributed by atoms with Crippen LogP contribution in [0.25, 0.3) is 17.4 Å². The maximum absolute atomic E-state index is 13.7. The van der Waals surface area contributed by atoms with Crippen molar-refractivity contribution in [1.29, 1.82) is 0 Å². The van der Waals surface area contributed by atoms with Crippen molar-refractivity contribution >= 4 is 52.3 Å². The monoisotopic (exact) mass is 583 g/mol. The lowest BCUT2D eigenvalue weighted by molar-refractivity contribution is -0.384. The van der Waals surface area contributed by atoms with Crippen molar-refractivity contribution in [3.8, 4) is 11.3 Å². The number of carbonyl (C=O) groups is 1. The molecule has 0 amide bonds. The number of aromatic nitrogens is 1. The number of nitro groups is 1. The van der Waals surface area contributed by atoms with E-state index in [0.29, 0.717) is 42.7 Å². The molecule has 0 fully saturated rings. The third-order valence-corrected chi connectivity index (χ3v) is 7.57. The van der Waals surface area contributed by atoms with Crippen molar-refractivity contribution in [2.45, 2.75) is 19.9 Å². The minimum atomic E-state index is -0.755. The number of carbonyl (C=O) groups excluding carboxylic acids is 1. The summed E-state index contributed by atoms with van der Waals surface area (Å²) < 4.78 is 13.0. The molecule has 1 aliphatic heterocycles. The van der Waals surface area contributed by atoms with E-state index >= 15 is 0 Å². The third-order valence-electron chi connectivity index (χ3n) is 6.03. The minimum absolute atomic E-state index is 0.0151. The van der Waals surface area contributed by atoms with Crippen LogP contribution < -0.4 is 14.9 Å². The normalized spacial score (nSPS) is 15.2. The minimum Gasteiger partial charge on any atom is -0.463 e. The fraction of sp³-hybridized carbons (Fsp3) is 0.148. The summed E-state index contributed by atoms with van der Waals surface area (Å²) in [5.74, 6) is 0.254. The molecule has 1 unspecified atom stereocenters. The van der Waals surface area contributed by atoms with Crippen LogP contribution >= 0.6 is 34.5 Å². The number of furan rings is 1. The molecule has 0 radical (unpaired) electrons. The maximum Gasteiger partial charge on any atom is 0.338 e. The van der Waals surface area contributed by atoms with Gasteiger partial charge in [0, 0.05) is 22.7 Å². The van der Waals surface area contributed by atoms with Gasteiger partial charge < -0.3 is 9.15 Å². The summed E-state index contributed by atoms with van der Waals surface area (Å²) in [7, 11) is 0. The summed E-state index contributed by atoms with van der Waals surface area (Å²) in [6, 6.07) is 13.8. The Kier molecular flexibility index (Phi) is 7.26. The number of nitrogens with zero attached hydrogens (tertiary/aromatic N) is 3. The van der Waals surface area contributed by atoms with Crippen LogP contribution in [-0.4, -0.2) is 22.1 Å². The predicted octanol–water partition coefficient (Wildman–Crippen LogP) is 5.27. The second-order valence-corrected chi connectivity index (χ2v) is 10.3. The zero-order chi connectivity index (χ0) is 27.8. The SMILES string of the molecule is CCOC(=O)C1=C(C)N=c2sc(=Cc3ccc(-c4ccc([N+](=O)[O-])c(Cl)c4)o3)c(=O)n2C1c1ccc(Cl)cc1. The summed E-state index contributed by atoms with van der Waals surface area (Å²) in [6.07, 6.45) is 1.59. The standard InChI is InChI=1S/C27H19Cl2N3O6S/c1-3-37-26(34)23-14(2)30-27-31(24(23)15-4-7-17(28)8-5-15)25(33)22(39-27)13-18-9-11-21(38-18)16-6-10-20(32(35)36)19(29)12-16/h4-13,24H,3H2,1-2H3. The van der Waals surface area contributed by atoms with Gasteiger partial charge in [-0.1, -0.05) is 46.7 Å². The number of fused-ring (bicyclic) bond motifs is 1. The highest BCUT2D eigenvalue weighted by Gasteiger charge is 2.33. The smallest absolute Gasteiger partial charge is 0.338 e.